The van der Waals surface area contributed by atoms with Crippen LogP contribution in [0.3, 0.4) is 0 Å². The van der Waals surface area contributed by atoms with Crippen molar-refractivity contribution in [3.63, 3.8) is 0 Å². The molecule has 0 spiro atoms. The molecule has 2 aromatic carbocycles. The third kappa shape index (κ3) is 5.95. The minimum absolute atomic E-state index is 0.170. The van der Waals surface area contributed by atoms with Crippen molar-refractivity contribution in [2.45, 2.75) is 13.5 Å². The van der Waals surface area contributed by atoms with Gasteiger partial charge in [0.25, 0.3) is 0 Å². The zero-order valence-electron chi connectivity index (χ0n) is 17.4. The van der Waals surface area contributed by atoms with Gasteiger partial charge in [0.05, 0.1) is 29.0 Å². The van der Waals surface area contributed by atoms with Gasteiger partial charge in [0.1, 0.15) is 5.82 Å². The van der Waals surface area contributed by atoms with E-state index in [2.05, 4.69) is 20.3 Å². The van der Waals surface area contributed by atoms with Crippen LogP contribution in [0, 0.1) is 5.82 Å². The molecule has 0 aliphatic rings. The van der Waals surface area contributed by atoms with Crippen molar-refractivity contribution in [1.29, 1.82) is 0 Å². The zero-order chi connectivity index (χ0) is 23.1. The molecule has 3 aromatic rings. The maximum absolute atomic E-state index is 13.2. The minimum Gasteiger partial charge on any atom is -0.477 e. The van der Waals surface area contributed by atoms with Gasteiger partial charge in [-0.2, -0.15) is 4.98 Å². The highest BCUT2D eigenvalue weighted by atomic mass is 35.5. The van der Waals surface area contributed by atoms with Crippen molar-refractivity contribution in [2.24, 2.45) is 10.7 Å². The molecule has 1 heterocycles. The monoisotopic (exact) mass is 473 g/mol. The second-order valence-corrected chi connectivity index (χ2v) is 7.97. The molecule has 3 N–H and O–H groups in total. The number of carbonyl (C=O) groups is 1. The summed E-state index contributed by atoms with van der Waals surface area (Å²) >= 11 is 7.03. The highest BCUT2D eigenvalue weighted by molar-refractivity contribution is 8.17. The fourth-order valence-corrected chi connectivity index (χ4v) is 3.62. The Morgan fingerprint density at radius 3 is 2.81 bits per heavy atom. The number of rotatable bonds is 8. The maximum Gasteiger partial charge on any atom is 0.226 e. The van der Waals surface area contributed by atoms with E-state index in [0.29, 0.717) is 40.7 Å². The van der Waals surface area contributed by atoms with Crippen LogP contribution in [0.4, 0.5) is 10.3 Å². The Bertz CT molecular complexity index is 1200. The van der Waals surface area contributed by atoms with Gasteiger partial charge in [0.2, 0.25) is 11.8 Å². The van der Waals surface area contributed by atoms with Crippen LogP contribution in [-0.4, -0.2) is 35.1 Å². The van der Waals surface area contributed by atoms with Gasteiger partial charge in [-0.25, -0.2) is 9.37 Å². The predicted octanol–water partition coefficient (Wildman–Crippen LogP) is 4.65. The number of anilines is 1. The van der Waals surface area contributed by atoms with E-state index in [1.807, 2.05) is 25.1 Å². The Hall–Kier alpha value is -3.17. The standard InChI is InChI=1S/C22H21ClFN5O2S/c1-3-31-20-17-9-13(4-7-19(17)28-22(26-2)29-20)8-16(12-30)32-21(25)27-11-14-5-6-15(24)10-18(14)23/h4-10,12H,3,11H2,1-2H3,(H2,25,27)(H,26,28,29)/b16-8-. The molecule has 0 aliphatic heterocycles. The van der Waals surface area contributed by atoms with Gasteiger partial charge in [0.15, 0.2) is 11.5 Å². The normalized spacial score (nSPS) is 12.1. The molecule has 0 bridgehead atoms. The number of aldehydes is 1. The summed E-state index contributed by atoms with van der Waals surface area (Å²) in [4.78, 5) is 25.0. The maximum atomic E-state index is 13.2. The van der Waals surface area contributed by atoms with E-state index < -0.39 is 5.82 Å². The number of nitrogens with zero attached hydrogens (tertiary/aromatic N) is 3. The van der Waals surface area contributed by atoms with Crippen molar-refractivity contribution in [3.8, 4) is 5.88 Å². The first-order chi connectivity index (χ1) is 15.4. The number of carbonyl (C=O) groups excluding carboxylic acids is 1. The van der Waals surface area contributed by atoms with Crippen LogP contribution in [-0.2, 0) is 11.3 Å². The highest BCUT2D eigenvalue weighted by Gasteiger charge is 2.10. The third-order valence-electron chi connectivity index (χ3n) is 4.26. The summed E-state index contributed by atoms with van der Waals surface area (Å²) in [5, 5.41) is 4.08. The summed E-state index contributed by atoms with van der Waals surface area (Å²) < 4.78 is 18.8. The first kappa shape index (κ1) is 23.5. The molecule has 3 rings (SSSR count). The van der Waals surface area contributed by atoms with E-state index in [4.69, 9.17) is 22.1 Å². The number of halogens is 2. The average Bonchev–Trinajstić information content (AvgIpc) is 2.78. The van der Waals surface area contributed by atoms with Gasteiger partial charge in [-0.1, -0.05) is 23.7 Å². The lowest BCUT2D eigenvalue weighted by molar-refractivity contribution is -0.104. The van der Waals surface area contributed by atoms with Crippen molar-refractivity contribution in [3.05, 3.63) is 63.3 Å². The topological polar surface area (TPSA) is 102 Å². The first-order valence-electron chi connectivity index (χ1n) is 9.64. The molecule has 0 amide bonds. The van der Waals surface area contributed by atoms with Crippen LogP contribution in [0.15, 0.2) is 46.3 Å². The number of aliphatic imine (C=N–C) groups is 1. The van der Waals surface area contributed by atoms with E-state index >= 15 is 0 Å². The van der Waals surface area contributed by atoms with Crippen LogP contribution >= 0.6 is 23.4 Å². The zero-order valence-corrected chi connectivity index (χ0v) is 19.0. The second-order valence-electron chi connectivity index (χ2n) is 6.47. The van der Waals surface area contributed by atoms with Crippen LogP contribution < -0.4 is 15.8 Å². The molecule has 1 aromatic heterocycles. The predicted molar refractivity (Wildman–Crippen MR) is 129 cm³/mol. The second kappa shape index (κ2) is 10.9. The number of nitrogens with two attached hydrogens (primary N) is 1. The Balaban J connectivity index is 1.83. The SMILES string of the molecule is CCOc1nc(NC)nc2ccc(/C=C(/C=O)SC(N)=NCc3ccc(F)cc3Cl)cc12. The van der Waals surface area contributed by atoms with Crippen molar-refractivity contribution in [2.75, 3.05) is 19.0 Å². The summed E-state index contributed by atoms with van der Waals surface area (Å²) in [6.45, 7) is 2.50. The first-order valence-corrected chi connectivity index (χ1v) is 10.8. The minimum atomic E-state index is -0.424. The number of aromatic nitrogens is 2. The molecule has 0 saturated carbocycles. The molecule has 10 heteroatoms. The molecule has 0 atom stereocenters. The summed E-state index contributed by atoms with van der Waals surface area (Å²) in [6.07, 6.45) is 2.39. The third-order valence-corrected chi connectivity index (χ3v) is 5.40. The molecule has 0 saturated heterocycles. The quantitative estimate of drug-likeness (QED) is 0.212. The number of allylic oxidation sites excluding steroid dienone is 1. The number of thioether (sulfide) groups is 1. The molecule has 0 unspecified atom stereocenters. The van der Waals surface area contributed by atoms with Gasteiger partial charge in [-0.05, 0) is 60.2 Å². The van der Waals surface area contributed by atoms with Crippen molar-refractivity contribution in [1.82, 2.24) is 9.97 Å². The van der Waals surface area contributed by atoms with Gasteiger partial charge < -0.3 is 15.8 Å². The summed E-state index contributed by atoms with van der Waals surface area (Å²) in [6, 6.07) is 9.56. The smallest absolute Gasteiger partial charge is 0.226 e. The molecule has 32 heavy (non-hydrogen) atoms. The molecule has 0 aliphatic carbocycles. The number of hydrogen-bond acceptors (Lipinski definition) is 7. The van der Waals surface area contributed by atoms with E-state index in [1.54, 1.807) is 19.2 Å². The Morgan fingerprint density at radius 1 is 1.31 bits per heavy atom. The Kier molecular flexibility index (Phi) is 8.02. The van der Waals surface area contributed by atoms with Crippen molar-refractivity contribution >= 4 is 57.7 Å². The summed E-state index contributed by atoms with van der Waals surface area (Å²) in [7, 11) is 1.73. The van der Waals surface area contributed by atoms with Gasteiger partial charge in [0, 0.05) is 12.1 Å². The van der Waals surface area contributed by atoms with Crippen LogP contribution in [0.25, 0.3) is 17.0 Å². The molecule has 0 fully saturated rings. The van der Waals surface area contributed by atoms with Gasteiger partial charge >= 0.3 is 0 Å². The lowest BCUT2D eigenvalue weighted by Crippen LogP contribution is -2.07. The lowest BCUT2D eigenvalue weighted by Gasteiger charge is -2.09. The van der Waals surface area contributed by atoms with E-state index in [-0.39, 0.29) is 16.7 Å². The number of ether oxygens (including phenoxy) is 1. The van der Waals surface area contributed by atoms with Crippen LogP contribution in [0.2, 0.25) is 5.02 Å². The summed E-state index contributed by atoms with van der Waals surface area (Å²) in [5.74, 6) is 0.486. The molecule has 7 nitrogen and oxygen atoms in total. The van der Waals surface area contributed by atoms with Gasteiger partial charge in [-0.15, -0.1) is 0 Å². The largest absolute Gasteiger partial charge is 0.477 e. The van der Waals surface area contributed by atoms with Crippen LogP contribution in [0.5, 0.6) is 5.88 Å². The number of benzene rings is 2. The highest BCUT2D eigenvalue weighted by Crippen LogP contribution is 2.27. The number of nitrogens with one attached hydrogen (secondary N) is 1. The molecule has 0 radical (unpaired) electrons. The molecular formula is C22H21ClFN5O2S. The summed E-state index contributed by atoms with van der Waals surface area (Å²) in [5.41, 5.74) is 8.06. The number of hydrogen-bond donors (Lipinski definition) is 2. The average molecular weight is 474 g/mol. The Morgan fingerprint density at radius 2 is 2.12 bits per heavy atom. The molecule has 166 valence electrons. The number of amidine groups is 1. The van der Waals surface area contributed by atoms with E-state index in [0.717, 1.165) is 22.7 Å². The number of fused-ring (bicyclic) bond motifs is 1. The lowest BCUT2D eigenvalue weighted by atomic mass is 10.1. The fraction of sp³-hybridized carbons (Fsp3) is 0.182. The van der Waals surface area contributed by atoms with Crippen molar-refractivity contribution < 1.29 is 13.9 Å². The van der Waals surface area contributed by atoms with E-state index in [9.17, 15) is 9.18 Å². The fourth-order valence-electron chi connectivity index (χ4n) is 2.78. The van der Waals surface area contributed by atoms with E-state index in [1.165, 1.54) is 12.1 Å². The Labute approximate surface area is 193 Å². The van der Waals surface area contributed by atoms with Crippen LogP contribution in [0.1, 0.15) is 18.1 Å². The van der Waals surface area contributed by atoms with Gasteiger partial charge in [-0.3, -0.25) is 9.79 Å². The molecular weight excluding hydrogens is 453 g/mol.